The summed E-state index contributed by atoms with van der Waals surface area (Å²) in [6.45, 7) is 0. The molecule has 0 aliphatic heterocycles. The zero-order chi connectivity index (χ0) is 11.5. The van der Waals surface area contributed by atoms with E-state index in [1.165, 1.54) is 12.1 Å². The molecule has 0 amide bonds. The number of hydrogen-bond donors (Lipinski definition) is 0. The second-order valence-electron chi connectivity index (χ2n) is 4.03. The normalized spacial score (nSPS) is 16.1. The Morgan fingerprint density at radius 2 is 2.12 bits per heavy atom. The Hall–Kier alpha value is -1.15. The summed E-state index contributed by atoms with van der Waals surface area (Å²) in [6, 6.07) is 4.38. The van der Waals surface area contributed by atoms with Crippen LogP contribution >= 0.6 is 11.6 Å². The minimum atomic E-state index is -0.331. The number of carbonyl (C=O) groups excluding carboxylic acids is 1. The van der Waals surface area contributed by atoms with Crippen molar-refractivity contribution in [3.8, 4) is 0 Å². The Labute approximate surface area is 98.9 Å². The number of rotatable bonds is 2. The molecule has 0 aromatic heterocycles. The SMILES string of the molecule is O=C1C=C(Cc2ccc(F)cc2Cl)CCC1. The van der Waals surface area contributed by atoms with Gasteiger partial charge in [-0.2, -0.15) is 0 Å². The van der Waals surface area contributed by atoms with Gasteiger partial charge in [0, 0.05) is 11.4 Å². The molecule has 0 spiro atoms. The molecule has 3 heteroatoms. The topological polar surface area (TPSA) is 17.1 Å². The molecule has 1 nitrogen and oxygen atoms in total. The van der Waals surface area contributed by atoms with Gasteiger partial charge < -0.3 is 0 Å². The second-order valence-corrected chi connectivity index (χ2v) is 4.44. The van der Waals surface area contributed by atoms with Crippen LogP contribution in [0.1, 0.15) is 24.8 Å². The zero-order valence-corrected chi connectivity index (χ0v) is 9.56. The van der Waals surface area contributed by atoms with Crippen molar-refractivity contribution in [3.63, 3.8) is 0 Å². The van der Waals surface area contributed by atoms with Crippen LogP contribution in [0.5, 0.6) is 0 Å². The molecular weight excluding hydrogens is 227 g/mol. The van der Waals surface area contributed by atoms with Gasteiger partial charge in [-0.1, -0.05) is 23.2 Å². The van der Waals surface area contributed by atoms with E-state index in [-0.39, 0.29) is 11.6 Å². The highest BCUT2D eigenvalue weighted by Gasteiger charge is 2.11. The quantitative estimate of drug-likeness (QED) is 0.768. The van der Waals surface area contributed by atoms with Gasteiger partial charge in [-0.15, -0.1) is 0 Å². The predicted molar refractivity (Wildman–Crippen MR) is 62.1 cm³/mol. The lowest BCUT2D eigenvalue weighted by atomic mass is 9.93. The van der Waals surface area contributed by atoms with E-state index in [1.807, 2.05) is 0 Å². The van der Waals surface area contributed by atoms with E-state index < -0.39 is 0 Å². The molecule has 0 fully saturated rings. The number of benzene rings is 1. The molecule has 1 aromatic carbocycles. The third kappa shape index (κ3) is 2.70. The van der Waals surface area contributed by atoms with Crippen molar-refractivity contribution < 1.29 is 9.18 Å². The number of allylic oxidation sites excluding steroid dienone is 2. The third-order valence-corrected chi connectivity index (χ3v) is 3.07. The Balaban J connectivity index is 2.17. The van der Waals surface area contributed by atoms with E-state index in [4.69, 9.17) is 11.6 Å². The highest BCUT2D eigenvalue weighted by atomic mass is 35.5. The molecule has 1 aliphatic carbocycles. The molecule has 2 rings (SSSR count). The molecule has 0 atom stereocenters. The minimum Gasteiger partial charge on any atom is -0.295 e. The largest absolute Gasteiger partial charge is 0.295 e. The molecular formula is C13H12ClFO. The van der Waals surface area contributed by atoms with Crippen molar-refractivity contribution >= 4 is 17.4 Å². The van der Waals surface area contributed by atoms with Crippen LogP contribution in [0.4, 0.5) is 4.39 Å². The molecule has 0 radical (unpaired) electrons. The summed E-state index contributed by atoms with van der Waals surface area (Å²) < 4.78 is 12.8. The van der Waals surface area contributed by atoms with Gasteiger partial charge in [0.25, 0.3) is 0 Å². The van der Waals surface area contributed by atoms with Crippen LogP contribution in [-0.2, 0) is 11.2 Å². The van der Waals surface area contributed by atoms with Crippen molar-refractivity contribution in [1.29, 1.82) is 0 Å². The number of hydrogen-bond acceptors (Lipinski definition) is 1. The lowest BCUT2D eigenvalue weighted by Gasteiger charge is -2.12. The highest BCUT2D eigenvalue weighted by molar-refractivity contribution is 6.31. The molecule has 1 aromatic rings. The van der Waals surface area contributed by atoms with Gasteiger partial charge in [0.2, 0.25) is 0 Å². The van der Waals surface area contributed by atoms with Crippen molar-refractivity contribution in [1.82, 2.24) is 0 Å². The van der Waals surface area contributed by atoms with Crippen LogP contribution < -0.4 is 0 Å². The van der Waals surface area contributed by atoms with Crippen LogP contribution in [0.3, 0.4) is 0 Å². The molecule has 84 valence electrons. The summed E-state index contributed by atoms with van der Waals surface area (Å²) in [5.74, 6) is -0.151. The van der Waals surface area contributed by atoms with Gasteiger partial charge in [0.15, 0.2) is 5.78 Å². The summed E-state index contributed by atoms with van der Waals surface area (Å²) in [6.07, 6.45) is 4.82. The van der Waals surface area contributed by atoms with E-state index in [9.17, 15) is 9.18 Å². The van der Waals surface area contributed by atoms with Gasteiger partial charge in [-0.25, -0.2) is 4.39 Å². The minimum absolute atomic E-state index is 0.180. The standard InChI is InChI=1S/C13H12ClFO/c14-13-8-11(15)5-4-10(13)6-9-2-1-3-12(16)7-9/h4-5,7-8H,1-3,6H2. The van der Waals surface area contributed by atoms with Crippen LogP contribution in [0.25, 0.3) is 0 Å². The Morgan fingerprint density at radius 3 is 2.81 bits per heavy atom. The molecule has 1 aliphatic rings. The lowest BCUT2D eigenvalue weighted by Crippen LogP contribution is -2.04. The monoisotopic (exact) mass is 238 g/mol. The van der Waals surface area contributed by atoms with Crippen molar-refractivity contribution in [2.75, 3.05) is 0 Å². The highest BCUT2D eigenvalue weighted by Crippen LogP contribution is 2.24. The summed E-state index contributed by atoms with van der Waals surface area (Å²) in [7, 11) is 0. The molecule has 0 bridgehead atoms. The average molecular weight is 239 g/mol. The van der Waals surface area contributed by atoms with Crippen LogP contribution in [0.15, 0.2) is 29.8 Å². The predicted octanol–water partition coefficient (Wildman–Crippen LogP) is 3.70. The Kier molecular flexibility index (Phi) is 3.39. The Morgan fingerprint density at radius 1 is 1.31 bits per heavy atom. The average Bonchev–Trinajstić information content (AvgIpc) is 2.22. The first-order valence-corrected chi connectivity index (χ1v) is 5.69. The first kappa shape index (κ1) is 11.3. The maximum atomic E-state index is 12.8. The van der Waals surface area contributed by atoms with Gasteiger partial charge >= 0.3 is 0 Å². The summed E-state index contributed by atoms with van der Waals surface area (Å²) in [5, 5.41) is 0.430. The van der Waals surface area contributed by atoms with Gasteiger partial charge in [0.1, 0.15) is 5.82 Å². The number of carbonyl (C=O) groups is 1. The fourth-order valence-electron chi connectivity index (χ4n) is 1.91. The van der Waals surface area contributed by atoms with E-state index >= 15 is 0 Å². The molecule has 0 N–H and O–H groups in total. The second kappa shape index (κ2) is 4.79. The van der Waals surface area contributed by atoms with Crippen molar-refractivity contribution in [2.45, 2.75) is 25.7 Å². The summed E-state index contributed by atoms with van der Waals surface area (Å²) in [5.41, 5.74) is 1.97. The van der Waals surface area contributed by atoms with Gasteiger partial charge in [0.05, 0.1) is 0 Å². The third-order valence-electron chi connectivity index (χ3n) is 2.72. The molecule has 0 heterocycles. The lowest BCUT2D eigenvalue weighted by molar-refractivity contribution is -0.115. The number of halogens is 2. The molecule has 0 unspecified atom stereocenters. The van der Waals surface area contributed by atoms with Crippen LogP contribution in [0, 0.1) is 5.82 Å². The van der Waals surface area contributed by atoms with Crippen LogP contribution in [-0.4, -0.2) is 5.78 Å². The van der Waals surface area contributed by atoms with Crippen molar-refractivity contribution in [3.05, 3.63) is 46.3 Å². The summed E-state index contributed by atoms with van der Waals surface area (Å²) >= 11 is 5.93. The van der Waals surface area contributed by atoms with E-state index in [0.717, 1.165) is 24.0 Å². The summed E-state index contributed by atoms with van der Waals surface area (Å²) in [4.78, 5) is 11.2. The molecule has 0 saturated heterocycles. The maximum absolute atomic E-state index is 12.8. The number of ketones is 1. The van der Waals surface area contributed by atoms with E-state index in [1.54, 1.807) is 12.1 Å². The van der Waals surface area contributed by atoms with Gasteiger partial charge in [-0.3, -0.25) is 4.79 Å². The Bertz CT molecular complexity index is 451. The smallest absolute Gasteiger partial charge is 0.155 e. The first-order valence-electron chi connectivity index (χ1n) is 5.31. The van der Waals surface area contributed by atoms with Crippen LogP contribution in [0.2, 0.25) is 5.02 Å². The van der Waals surface area contributed by atoms with E-state index in [2.05, 4.69) is 0 Å². The molecule has 16 heavy (non-hydrogen) atoms. The first-order chi connectivity index (χ1) is 7.65. The maximum Gasteiger partial charge on any atom is 0.155 e. The zero-order valence-electron chi connectivity index (χ0n) is 8.80. The fourth-order valence-corrected chi connectivity index (χ4v) is 2.14. The molecule has 0 saturated carbocycles. The van der Waals surface area contributed by atoms with Gasteiger partial charge in [-0.05, 0) is 43.0 Å². The van der Waals surface area contributed by atoms with E-state index in [0.29, 0.717) is 17.9 Å². The fraction of sp³-hybridized carbons (Fsp3) is 0.308. The van der Waals surface area contributed by atoms with Crippen molar-refractivity contribution in [2.24, 2.45) is 0 Å².